The summed E-state index contributed by atoms with van der Waals surface area (Å²) in [6.07, 6.45) is 0.624. The van der Waals surface area contributed by atoms with Crippen molar-refractivity contribution in [2.24, 2.45) is 0 Å². The Bertz CT molecular complexity index is 811. The van der Waals surface area contributed by atoms with E-state index >= 15 is 0 Å². The lowest BCUT2D eigenvalue weighted by Gasteiger charge is -2.50. The number of carbonyl (C=O) groups excluding carboxylic acids is 1. The quantitative estimate of drug-likeness (QED) is 0.806. The number of ether oxygens (including phenoxy) is 1. The van der Waals surface area contributed by atoms with Gasteiger partial charge in [-0.3, -0.25) is 4.90 Å². The van der Waals surface area contributed by atoms with Gasteiger partial charge in [-0.1, -0.05) is 29.3 Å². The van der Waals surface area contributed by atoms with Crippen molar-refractivity contribution >= 4 is 34.9 Å². The predicted octanol–water partition coefficient (Wildman–Crippen LogP) is 4.76. The van der Waals surface area contributed by atoms with Crippen LogP contribution in [0.3, 0.4) is 0 Å². The highest BCUT2D eigenvalue weighted by Crippen LogP contribution is 2.46. The van der Waals surface area contributed by atoms with Crippen molar-refractivity contribution in [1.82, 2.24) is 5.32 Å². The van der Waals surface area contributed by atoms with Gasteiger partial charge in [-0.15, -0.1) is 0 Å². The summed E-state index contributed by atoms with van der Waals surface area (Å²) < 4.78 is 6.19. The van der Waals surface area contributed by atoms with Crippen molar-refractivity contribution in [3.63, 3.8) is 0 Å². The number of hydrogen-bond acceptors (Lipinski definition) is 2. The number of nitrogens with one attached hydrogen (secondary N) is 1. The lowest BCUT2D eigenvalue weighted by atomic mass is 9.90. The van der Waals surface area contributed by atoms with Crippen LogP contribution in [0, 0.1) is 0 Å². The number of benzene rings is 2. The molecule has 2 unspecified atom stereocenters. The number of hydrogen-bond donors (Lipinski definition) is 1. The van der Waals surface area contributed by atoms with Gasteiger partial charge in [0, 0.05) is 22.0 Å². The number of rotatable bonds is 1. The third-order valence-corrected chi connectivity index (χ3v) is 4.77. The lowest BCUT2D eigenvalue weighted by Crippen LogP contribution is -2.65. The number of carbonyl (C=O) groups is 1. The number of urea groups is 1. The molecule has 1 saturated heterocycles. The molecule has 2 aliphatic rings. The van der Waals surface area contributed by atoms with E-state index in [2.05, 4.69) is 5.32 Å². The Morgan fingerprint density at radius 1 is 1.22 bits per heavy atom. The fourth-order valence-corrected chi connectivity index (χ4v) is 3.72. The molecule has 118 valence electrons. The molecule has 2 aromatic carbocycles. The number of halogens is 2. The van der Waals surface area contributed by atoms with Gasteiger partial charge >= 0.3 is 6.03 Å². The highest BCUT2D eigenvalue weighted by atomic mass is 35.5. The molecule has 23 heavy (non-hydrogen) atoms. The molecule has 0 aromatic heterocycles. The third-order valence-electron chi connectivity index (χ3n) is 4.30. The summed E-state index contributed by atoms with van der Waals surface area (Å²) >= 11 is 12.1. The first kappa shape index (κ1) is 14.7. The van der Waals surface area contributed by atoms with Gasteiger partial charge in [-0.25, -0.2) is 4.79 Å². The van der Waals surface area contributed by atoms with Crippen LogP contribution in [0.15, 0.2) is 42.5 Å². The molecule has 0 spiro atoms. The second kappa shape index (κ2) is 5.05. The maximum Gasteiger partial charge on any atom is 0.325 e. The molecule has 0 radical (unpaired) electrons. The van der Waals surface area contributed by atoms with Crippen molar-refractivity contribution in [3.8, 4) is 5.75 Å². The van der Waals surface area contributed by atoms with E-state index in [4.69, 9.17) is 27.9 Å². The number of fused-ring (bicyclic) bond motifs is 4. The van der Waals surface area contributed by atoms with Crippen LogP contribution in [0.4, 0.5) is 10.5 Å². The molecular weight excluding hydrogens is 335 g/mol. The molecule has 2 heterocycles. The van der Waals surface area contributed by atoms with Crippen molar-refractivity contribution < 1.29 is 9.53 Å². The van der Waals surface area contributed by atoms with E-state index < -0.39 is 5.72 Å². The van der Waals surface area contributed by atoms with Crippen LogP contribution in [0.1, 0.15) is 24.9 Å². The SMILES string of the molecule is CC12CC(NC(=O)N1c1cccc(Cl)c1)c1cc(Cl)ccc1O2. The highest BCUT2D eigenvalue weighted by Gasteiger charge is 2.49. The summed E-state index contributed by atoms with van der Waals surface area (Å²) in [5.74, 6) is 0.736. The lowest BCUT2D eigenvalue weighted by molar-refractivity contribution is 0.0379. The second-order valence-electron chi connectivity index (χ2n) is 5.98. The molecule has 4 rings (SSSR count). The van der Waals surface area contributed by atoms with E-state index in [1.54, 1.807) is 23.1 Å². The molecule has 2 aliphatic heterocycles. The Morgan fingerprint density at radius 2 is 2.00 bits per heavy atom. The van der Waals surface area contributed by atoms with Gasteiger partial charge in [0.15, 0.2) is 5.72 Å². The molecule has 4 nitrogen and oxygen atoms in total. The van der Waals surface area contributed by atoms with Gasteiger partial charge in [-0.2, -0.15) is 0 Å². The minimum atomic E-state index is -0.779. The Kier molecular flexibility index (Phi) is 3.22. The smallest absolute Gasteiger partial charge is 0.325 e. The second-order valence-corrected chi connectivity index (χ2v) is 6.85. The minimum Gasteiger partial charge on any atom is -0.467 e. The van der Waals surface area contributed by atoms with Crippen LogP contribution in [0.5, 0.6) is 5.75 Å². The first-order chi connectivity index (χ1) is 11.0. The summed E-state index contributed by atoms with van der Waals surface area (Å²) in [4.78, 5) is 14.3. The van der Waals surface area contributed by atoms with Gasteiger partial charge in [0.25, 0.3) is 0 Å². The zero-order valence-corrected chi connectivity index (χ0v) is 13.9. The monoisotopic (exact) mass is 348 g/mol. The Balaban J connectivity index is 1.81. The molecule has 0 aliphatic carbocycles. The molecule has 2 aromatic rings. The summed E-state index contributed by atoms with van der Waals surface area (Å²) in [5, 5.41) is 4.23. The van der Waals surface area contributed by atoms with Crippen LogP contribution < -0.4 is 15.0 Å². The van der Waals surface area contributed by atoms with Crippen molar-refractivity contribution in [2.45, 2.75) is 25.1 Å². The summed E-state index contributed by atoms with van der Waals surface area (Å²) in [6, 6.07) is 12.3. The first-order valence-corrected chi connectivity index (χ1v) is 8.07. The van der Waals surface area contributed by atoms with Crippen molar-refractivity contribution in [1.29, 1.82) is 0 Å². The Hall–Kier alpha value is -1.91. The zero-order chi connectivity index (χ0) is 16.2. The summed E-state index contributed by atoms with van der Waals surface area (Å²) in [5.41, 5.74) is 0.834. The molecule has 2 bridgehead atoms. The van der Waals surface area contributed by atoms with Crippen LogP contribution >= 0.6 is 23.2 Å². The van der Waals surface area contributed by atoms with Crippen LogP contribution in [-0.2, 0) is 0 Å². The van der Waals surface area contributed by atoms with Gasteiger partial charge in [-0.05, 0) is 43.3 Å². The summed E-state index contributed by atoms with van der Waals surface area (Å²) in [6.45, 7) is 1.91. The maximum absolute atomic E-state index is 12.7. The highest BCUT2D eigenvalue weighted by molar-refractivity contribution is 6.31. The fourth-order valence-electron chi connectivity index (χ4n) is 3.35. The van der Waals surface area contributed by atoms with E-state index in [-0.39, 0.29) is 12.1 Å². The first-order valence-electron chi connectivity index (χ1n) is 7.31. The van der Waals surface area contributed by atoms with Gasteiger partial charge in [0.05, 0.1) is 11.7 Å². The average Bonchev–Trinajstić information content (AvgIpc) is 2.47. The number of nitrogens with zero attached hydrogens (tertiary/aromatic N) is 1. The van der Waals surface area contributed by atoms with Gasteiger partial charge in [0.1, 0.15) is 5.75 Å². The largest absolute Gasteiger partial charge is 0.467 e. The van der Waals surface area contributed by atoms with E-state index in [0.717, 1.165) is 11.3 Å². The van der Waals surface area contributed by atoms with E-state index in [1.165, 1.54) is 0 Å². The zero-order valence-electron chi connectivity index (χ0n) is 12.3. The molecule has 1 N–H and O–H groups in total. The van der Waals surface area contributed by atoms with E-state index in [9.17, 15) is 4.79 Å². The van der Waals surface area contributed by atoms with Crippen LogP contribution in [0.2, 0.25) is 10.0 Å². The van der Waals surface area contributed by atoms with Crippen LogP contribution in [-0.4, -0.2) is 11.8 Å². The predicted molar refractivity (Wildman–Crippen MR) is 90.3 cm³/mol. The average molecular weight is 349 g/mol. The fraction of sp³-hybridized carbons (Fsp3) is 0.235. The van der Waals surface area contributed by atoms with Gasteiger partial charge in [0.2, 0.25) is 0 Å². The topological polar surface area (TPSA) is 41.6 Å². The molecule has 2 atom stereocenters. The molecule has 6 heteroatoms. The molecular formula is C17H14Cl2N2O2. The Labute approximate surface area is 143 Å². The molecule has 0 saturated carbocycles. The van der Waals surface area contributed by atoms with Crippen LogP contribution in [0.25, 0.3) is 0 Å². The molecule has 1 fully saturated rings. The normalized spacial score (nSPS) is 25.4. The Morgan fingerprint density at radius 3 is 2.78 bits per heavy atom. The maximum atomic E-state index is 12.7. The third kappa shape index (κ3) is 2.33. The molecule has 2 amide bonds. The van der Waals surface area contributed by atoms with Crippen molar-refractivity contribution in [2.75, 3.05) is 4.90 Å². The van der Waals surface area contributed by atoms with Crippen molar-refractivity contribution in [3.05, 3.63) is 58.1 Å². The minimum absolute atomic E-state index is 0.120. The van der Waals surface area contributed by atoms with E-state index in [0.29, 0.717) is 22.2 Å². The van der Waals surface area contributed by atoms with E-state index in [1.807, 2.05) is 31.2 Å². The van der Waals surface area contributed by atoms with Gasteiger partial charge < -0.3 is 10.1 Å². The number of anilines is 1. The standard InChI is InChI=1S/C17H14Cl2N2O2/c1-17-9-14(13-8-11(19)5-6-15(13)23-17)20-16(22)21(17)12-4-2-3-10(18)7-12/h2-8,14H,9H2,1H3,(H,20,22). The number of amides is 2. The summed E-state index contributed by atoms with van der Waals surface area (Å²) in [7, 11) is 0.